The zero-order valence-electron chi connectivity index (χ0n) is 13.8. The number of morpholine rings is 1. The molecule has 1 aliphatic heterocycles. The van der Waals surface area contributed by atoms with Crippen molar-refractivity contribution in [3.63, 3.8) is 0 Å². The van der Waals surface area contributed by atoms with Gasteiger partial charge < -0.3 is 19.7 Å². The van der Waals surface area contributed by atoms with Crippen LogP contribution in [0.25, 0.3) is 0 Å². The highest BCUT2D eigenvalue weighted by molar-refractivity contribution is 5.92. The van der Waals surface area contributed by atoms with E-state index in [1.54, 1.807) is 4.90 Å². The summed E-state index contributed by atoms with van der Waals surface area (Å²) in [7, 11) is 1.34. The number of carbonyl (C=O) groups is 1. The van der Waals surface area contributed by atoms with Gasteiger partial charge in [-0.05, 0) is 32.0 Å². The Balaban J connectivity index is 2.32. The highest BCUT2D eigenvalue weighted by Crippen LogP contribution is 2.39. The van der Waals surface area contributed by atoms with Gasteiger partial charge in [-0.1, -0.05) is 0 Å². The van der Waals surface area contributed by atoms with Crippen LogP contribution in [0.4, 0.5) is 24.5 Å². The van der Waals surface area contributed by atoms with Crippen molar-refractivity contribution in [2.24, 2.45) is 0 Å². The number of amides is 1. The van der Waals surface area contributed by atoms with Gasteiger partial charge in [-0.15, -0.1) is 0 Å². The third-order valence-electron chi connectivity index (χ3n) is 3.62. The first-order valence-corrected chi connectivity index (χ1v) is 7.61. The highest BCUT2D eigenvalue weighted by atomic mass is 19.4. The number of nitrogens with zero attached hydrogens (tertiary/aromatic N) is 1. The van der Waals surface area contributed by atoms with Crippen molar-refractivity contribution >= 4 is 17.3 Å². The number of hydrogen-bond acceptors (Lipinski definition) is 4. The Labute approximate surface area is 138 Å². The number of hydrogen-bond donors (Lipinski definition) is 1. The zero-order chi connectivity index (χ0) is 17.9. The predicted octanol–water partition coefficient (Wildman–Crippen LogP) is 2.90. The molecule has 5 nitrogen and oxygen atoms in total. The van der Waals surface area contributed by atoms with Gasteiger partial charge in [-0.3, -0.25) is 4.79 Å². The van der Waals surface area contributed by atoms with Crippen molar-refractivity contribution in [3.05, 3.63) is 23.8 Å². The lowest BCUT2D eigenvalue weighted by Crippen LogP contribution is -2.46. The number of anilines is 2. The Hall–Kier alpha value is -1.80. The summed E-state index contributed by atoms with van der Waals surface area (Å²) in [5.41, 5.74) is -0.601. The molecule has 2 unspecified atom stereocenters. The van der Waals surface area contributed by atoms with Gasteiger partial charge in [0.15, 0.2) is 0 Å². The Morgan fingerprint density at radius 2 is 1.96 bits per heavy atom. The van der Waals surface area contributed by atoms with Gasteiger partial charge in [-0.25, -0.2) is 0 Å². The normalized spacial score (nSPS) is 21.7. The molecule has 24 heavy (non-hydrogen) atoms. The summed E-state index contributed by atoms with van der Waals surface area (Å²) < 4.78 is 50.6. The minimum Gasteiger partial charge on any atom is -0.375 e. The first kappa shape index (κ1) is 18.5. The summed E-state index contributed by atoms with van der Waals surface area (Å²) in [5, 5.41) is 2.40. The molecule has 0 bridgehead atoms. The van der Waals surface area contributed by atoms with Crippen LogP contribution in [-0.2, 0) is 20.4 Å². The quantitative estimate of drug-likeness (QED) is 0.911. The van der Waals surface area contributed by atoms with E-state index in [-0.39, 0.29) is 30.2 Å². The van der Waals surface area contributed by atoms with Crippen LogP contribution in [-0.4, -0.2) is 44.9 Å². The van der Waals surface area contributed by atoms with Crippen LogP contribution >= 0.6 is 0 Å². The molecule has 1 aromatic carbocycles. The van der Waals surface area contributed by atoms with E-state index in [9.17, 15) is 18.0 Å². The number of halogens is 3. The summed E-state index contributed by atoms with van der Waals surface area (Å²) in [6, 6.07) is 3.80. The number of methoxy groups -OCH3 is 1. The van der Waals surface area contributed by atoms with E-state index in [1.165, 1.54) is 19.2 Å². The fraction of sp³-hybridized carbons (Fsp3) is 0.562. The molecule has 1 amide bonds. The first-order chi connectivity index (χ1) is 11.2. The Morgan fingerprint density at radius 1 is 1.33 bits per heavy atom. The minimum absolute atomic E-state index is 0.0856. The van der Waals surface area contributed by atoms with Crippen molar-refractivity contribution in [1.29, 1.82) is 0 Å². The van der Waals surface area contributed by atoms with Crippen LogP contribution in [0.5, 0.6) is 0 Å². The Kier molecular flexibility index (Phi) is 5.71. The fourth-order valence-electron chi connectivity index (χ4n) is 2.82. The second kappa shape index (κ2) is 7.40. The molecule has 1 heterocycles. The lowest BCUT2D eigenvalue weighted by molar-refractivity contribution is -0.137. The van der Waals surface area contributed by atoms with Gasteiger partial charge >= 0.3 is 6.18 Å². The topological polar surface area (TPSA) is 50.8 Å². The zero-order valence-corrected chi connectivity index (χ0v) is 13.8. The monoisotopic (exact) mass is 346 g/mol. The number of ether oxygens (including phenoxy) is 2. The second-order valence-corrected chi connectivity index (χ2v) is 5.87. The molecule has 1 fully saturated rings. The first-order valence-electron chi connectivity index (χ1n) is 7.61. The predicted molar refractivity (Wildman–Crippen MR) is 84.2 cm³/mol. The van der Waals surface area contributed by atoms with Crippen LogP contribution in [0.3, 0.4) is 0 Å². The largest absolute Gasteiger partial charge is 0.418 e. The summed E-state index contributed by atoms with van der Waals surface area (Å²) >= 11 is 0. The molecule has 0 aliphatic carbocycles. The molecule has 0 saturated carbocycles. The maximum atomic E-state index is 13.5. The van der Waals surface area contributed by atoms with Crippen molar-refractivity contribution < 1.29 is 27.4 Å². The van der Waals surface area contributed by atoms with Gasteiger partial charge in [0.1, 0.15) is 6.61 Å². The maximum Gasteiger partial charge on any atom is 0.418 e. The Bertz CT molecular complexity index is 582. The van der Waals surface area contributed by atoms with E-state index in [1.807, 2.05) is 13.8 Å². The number of nitrogens with one attached hydrogen (secondary N) is 1. The molecule has 0 radical (unpaired) electrons. The third-order valence-corrected chi connectivity index (χ3v) is 3.62. The molecule has 134 valence electrons. The molecule has 1 aromatic rings. The number of alkyl halides is 3. The van der Waals surface area contributed by atoms with Crippen LogP contribution in [0.15, 0.2) is 18.2 Å². The molecule has 8 heteroatoms. The van der Waals surface area contributed by atoms with Gasteiger partial charge in [0.2, 0.25) is 5.91 Å². The van der Waals surface area contributed by atoms with Gasteiger partial charge in [0.05, 0.1) is 17.8 Å². The van der Waals surface area contributed by atoms with Crippen molar-refractivity contribution in [2.75, 3.05) is 37.0 Å². The number of carbonyl (C=O) groups excluding carboxylic acids is 1. The number of benzene rings is 1. The lowest BCUT2D eigenvalue weighted by Gasteiger charge is -2.38. The van der Waals surface area contributed by atoms with E-state index in [0.717, 1.165) is 6.07 Å². The molecule has 0 spiro atoms. The number of rotatable bonds is 4. The molecule has 0 aromatic heterocycles. The van der Waals surface area contributed by atoms with Crippen LogP contribution in [0.2, 0.25) is 0 Å². The standard InChI is InChI=1S/C16H21F3N2O3/c1-10-7-21(8-11(2)24-10)14-5-4-12(20-15(22)9-23-3)6-13(14)16(17,18)19/h4-6,10-11H,7-9H2,1-3H3,(H,20,22). The van der Waals surface area contributed by atoms with Gasteiger partial charge in [0.25, 0.3) is 0 Å². The van der Waals surface area contributed by atoms with E-state index in [0.29, 0.717) is 13.1 Å². The summed E-state index contributed by atoms with van der Waals surface area (Å²) in [4.78, 5) is 13.2. The van der Waals surface area contributed by atoms with Crippen molar-refractivity contribution in [1.82, 2.24) is 0 Å². The minimum atomic E-state index is -4.53. The molecule has 2 atom stereocenters. The van der Waals surface area contributed by atoms with Crippen molar-refractivity contribution in [2.45, 2.75) is 32.2 Å². The Morgan fingerprint density at radius 3 is 2.50 bits per heavy atom. The summed E-state index contributed by atoms with van der Waals surface area (Å²) in [6.45, 7) is 4.19. The average Bonchev–Trinajstić information content (AvgIpc) is 2.45. The van der Waals surface area contributed by atoms with E-state index < -0.39 is 17.6 Å². The lowest BCUT2D eigenvalue weighted by atomic mass is 10.1. The van der Waals surface area contributed by atoms with Gasteiger partial charge in [0, 0.05) is 31.6 Å². The third kappa shape index (κ3) is 4.61. The average molecular weight is 346 g/mol. The van der Waals surface area contributed by atoms with Crippen LogP contribution in [0, 0.1) is 0 Å². The molecular weight excluding hydrogens is 325 g/mol. The summed E-state index contributed by atoms with van der Waals surface area (Å²) in [6.07, 6.45) is -4.84. The van der Waals surface area contributed by atoms with Crippen molar-refractivity contribution in [3.8, 4) is 0 Å². The maximum absolute atomic E-state index is 13.5. The molecule has 1 saturated heterocycles. The molecular formula is C16H21F3N2O3. The molecule has 1 aliphatic rings. The van der Waals surface area contributed by atoms with Crippen LogP contribution in [0.1, 0.15) is 19.4 Å². The summed E-state index contributed by atoms with van der Waals surface area (Å²) in [5.74, 6) is -0.507. The van der Waals surface area contributed by atoms with E-state index in [4.69, 9.17) is 4.74 Å². The molecule has 1 N–H and O–H groups in total. The van der Waals surface area contributed by atoms with E-state index >= 15 is 0 Å². The highest BCUT2D eigenvalue weighted by Gasteiger charge is 2.36. The smallest absolute Gasteiger partial charge is 0.375 e. The fourth-order valence-corrected chi connectivity index (χ4v) is 2.82. The second-order valence-electron chi connectivity index (χ2n) is 5.87. The molecule has 2 rings (SSSR count). The SMILES string of the molecule is COCC(=O)Nc1ccc(N2CC(C)OC(C)C2)c(C(F)(F)F)c1. The van der Waals surface area contributed by atoms with Crippen LogP contribution < -0.4 is 10.2 Å². The van der Waals surface area contributed by atoms with Gasteiger partial charge in [-0.2, -0.15) is 13.2 Å². The van der Waals surface area contributed by atoms with E-state index in [2.05, 4.69) is 10.1 Å².